The molecule has 24 heavy (non-hydrogen) atoms. The Labute approximate surface area is 143 Å². The largest absolute Gasteiger partial charge is 0.322 e. The first-order valence-corrected chi connectivity index (χ1v) is 8.46. The summed E-state index contributed by atoms with van der Waals surface area (Å²) in [5, 5.41) is 1.30. The predicted molar refractivity (Wildman–Crippen MR) is 102 cm³/mol. The van der Waals surface area contributed by atoms with Crippen molar-refractivity contribution >= 4 is 16.7 Å². The quantitative estimate of drug-likeness (QED) is 0.717. The van der Waals surface area contributed by atoms with E-state index in [-0.39, 0.29) is 6.04 Å². The molecule has 0 spiro atoms. The van der Waals surface area contributed by atoms with Gasteiger partial charge in [0.2, 0.25) is 0 Å². The summed E-state index contributed by atoms with van der Waals surface area (Å²) in [5.41, 5.74) is 7.63. The number of hydrogen-bond acceptors (Lipinski definition) is 2. The molecule has 0 bridgehead atoms. The molecule has 0 saturated heterocycles. The van der Waals surface area contributed by atoms with E-state index < -0.39 is 0 Å². The van der Waals surface area contributed by atoms with Crippen LogP contribution in [0.3, 0.4) is 0 Å². The van der Waals surface area contributed by atoms with E-state index in [1.165, 1.54) is 33.2 Å². The molecule has 2 aromatic rings. The van der Waals surface area contributed by atoms with Crippen LogP contribution in [-0.4, -0.2) is 11.0 Å². The van der Waals surface area contributed by atoms with Crippen LogP contribution < -0.4 is 4.90 Å². The van der Waals surface area contributed by atoms with Crippen molar-refractivity contribution in [2.45, 2.75) is 33.7 Å². The number of nitrogens with zero attached hydrogens (tertiary/aromatic N) is 2. The van der Waals surface area contributed by atoms with Crippen molar-refractivity contribution in [2.75, 3.05) is 4.90 Å². The number of anilines is 1. The van der Waals surface area contributed by atoms with E-state index in [0.29, 0.717) is 0 Å². The second-order valence-electron chi connectivity index (χ2n) is 6.69. The van der Waals surface area contributed by atoms with Gasteiger partial charge in [0, 0.05) is 11.6 Å². The first-order valence-electron chi connectivity index (χ1n) is 8.46. The molecule has 0 saturated carbocycles. The molecule has 1 aromatic heterocycles. The molecule has 2 heteroatoms. The molecule has 2 nitrogen and oxygen atoms in total. The Hall–Kier alpha value is -2.61. The molecule has 0 N–H and O–H groups in total. The molecule has 2 heterocycles. The highest BCUT2D eigenvalue weighted by molar-refractivity contribution is 5.89. The lowest BCUT2D eigenvalue weighted by Crippen LogP contribution is -2.34. The molecule has 1 aliphatic carbocycles. The highest BCUT2D eigenvalue weighted by Crippen LogP contribution is 2.34. The van der Waals surface area contributed by atoms with Crippen LogP contribution in [0.5, 0.6) is 0 Å². The van der Waals surface area contributed by atoms with Gasteiger partial charge in [-0.3, -0.25) is 0 Å². The van der Waals surface area contributed by atoms with E-state index in [9.17, 15) is 0 Å². The molecule has 1 aromatic carbocycles. The summed E-state index contributed by atoms with van der Waals surface area (Å²) in [6.07, 6.45) is 15.0. The Bertz CT molecular complexity index is 958. The summed E-state index contributed by atoms with van der Waals surface area (Å²) < 4.78 is 0. The topological polar surface area (TPSA) is 16.1 Å². The lowest BCUT2D eigenvalue weighted by atomic mass is 9.95. The first kappa shape index (κ1) is 14.9. The summed E-state index contributed by atoms with van der Waals surface area (Å²) in [6, 6.07) is 4.55. The Balaban J connectivity index is 1.92. The van der Waals surface area contributed by atoms with Crippen molar-refractivity contribution in [3.63, 3.8) is 0 Å². The van der Waals surface area contributed by atoms with Crippen LogP contribution in [0, 0.1) is 27.7 Å². The van der Waals surface area contributed by atoms with E-state index in [1.807, 2.05) is 0 Å². The average Bonchev–Trinajstić information content (AvgIpc) is 2.60. The Morgan fingerprint density at radius 3 is 2.58 bits per heavy atom. The molecule has 0 radical (unpaired) electrons. The minimum atomic E-state index is 0.231. The predicted octanol–water partition coefficient (Wildman–Crippen LogP) is 5.22. The summed E-state index contributed by atoms with van der Waals surface area (Å²) in [5.74, 6) is 1.05. The molecule has 120 valence electrons. The third kappa shape index (κ3) is 2.14. The minimum absolute atomic E-state index is 0.231. The molecular weight excluding hydrogens is 292 g/mol. The molecule has 0 fully saturated rings. The Morgan fingerprint density at radius 1 is 0.917 bits per heavy atom. The molecule has 1 aliphatic heterocycles. The zero-order chi connectivity index (χ0) is 16.8. The molecule has 4 rings (SSSR count). The van der Waals surface area contributed by atoms with Crippen molar-refractivity contribution < 1.29 is 0 Å². The van der Waals surface area contributed by atoms with Gasteiger partial charge >= 0.3 is 0 Å². The number of fused-ring (bicyclic) bond motifs is 2. The fourth-order valence-electron chi connectivity index (χ4n) is 3.67. The van der Waals surface area contributed by atoms with Gasteiger partial charge in [0.05, 0.1) is 11.6 Å². The van der Waals surface area contributed by atoms with Crippen molar-refractivity contribution in [2.24, 2.45) is 0 Å². The van der Waals surface area contributed by atoms with E-state index in [1.54, 1.807) is 0 Å². The zero-order valence-electron chi connectivity index (χ0n) is 14.7. The average molecular weight is 314 g/mol. The second-order valence-corrected chi connectivity index (χ2v) is 6.69. The van der Waals surface area contributed by atoms with Crippen molar-refractivity contribution in [1.29, 1.82) is 0 Å². The van der Waals surface area contributed by atoms with Gasteiger partial charge in [-0.25, -0.2) is 4.98 Å². The SMILES string of the molecule is Cc1ccc2nc(N3C=CC=C4C=CC=CC43)c(C)c(C)c2c1C. The van der Waals surface area contributed by atoms with Crippen LogP contribution >= 0.6 is 0 Å². The standard InChI is InChI=1S/C22H22N2/c1-14-11-12-19-21(15(14)2)16(3)17(4)22(23-19)24-13-7-9-18-8-5-6-10-20(18)24/h5-13,20H,1-4H3. The van der Waals surface area contributed by atoms with Crippen LogP contribution in [0.2, 0.25) is 0 Å². The van der Waals surface area contributed by atoms with E-state index >= 15 is 0 Å². The maximum absolute atomic E-state index is 5.04. The van der Waals surface area contributed by atoms with Crippen LogP contribution in [-0.2, 0) is 0 Å². The Morgan fingerprint density at radius 2 is 1.75 bits per heavy atom. The number of allylic oxidation sites excluding steroid dienone is 4. The Kier molecular flexibility index (Phi) is 3.42. The van der Waals surface area contributed by atoms with E-state index in [2.05, 4.69) is 87.4 Å². The molecule has 1 atom stereocenters. The minimum Gasteiger partial charge on any atom is -0.322 e. The molecule has 1 unspecified atom stereocenters. The molecular formula is C22H22N2. The van der Waals surface area contributed by atoms with E-state index in [4.69, 9.17) is 4.98 Å². The molecule has 0 amide bonds. The number of aromatic nitrogens is 1. The molecule has 2 aliphatic rings. The van der Waals surface area contributed by atoms with Crippen LogP contribution in [0.4, 0.5) is 5.82 Å². The highest BCUT2D eigenvalue weighted by Gasteiger charge is 2.24. The lowest BCUT2D eigenvalue weighted by molar-refractivity contribution is 0.862. The van der Waals surface area contributed by atoms with Gasteiger partial charge in [-0.1, -0.05) is 36.4 Å². The monoisotopic (exact) mass is 314 g/mol. The van der Waals surface area contributed by atoms with E-state index in [0.717, 1.165) is 11.3 Å². The number of pyridine rings is 1. The van der Waals surface area contributed by atoms with Crippen molar-refractivity contribution in [1.82, 2.24) is 4.98 Å². The third-order valence-electron chi connectivity index (χ3n) is 5.33. The maximum atomic E-state index is 5.04. The third-order valence-corrected chi connectivity index (χ3v) is 5.33. The summed E-state index contributed by atoms with van der Waals surface area (Å²) >= 11 is 0. The van der Waals surface area contributed by atoms with Crippen LogP contribution in [0.1, 0.15) is 22.3 Å². The lowest BCUT2D eigenvalue weighted by Gasteiger charge is -2.33. The van der Waals surface area contributed by atoms with Gasteiger partial charge < -0.3 is 4.90 Å². The number of rotatable bonds is 1. The normalized spacial score (nSPS) is 18.9. The number of hydrogen-bond donors (Lipinski definition) is 0. The summed E-state index contributed by atoms with van der Waals surface area (Å²) in [7, 11) is 0. The van der Waals surface area contributed by atoms with Gasteiger partial charge in [-0.05, 0) is 67.7 Å². The summed E-state index contributed by atoms with van der Waals surface area (Å²) in [4.78, 5) is 7.33. The van der Waals surface area contributed by atoms with Gasteiger partial charge in [-0.15, -0.1) is 0 Å². The first-order chi connectivity index (χ1) is 11.6. The maximum Gasteiger partial charge on any atom is 0.137 e. The van der Waals surface area contributed by atoms with Crippen LogP contribution in [0.15, 0.2) is 60.4 Å². The fourth-order valence-corrected chi connectivity index (χ4v) is 3.67. The zero-order valence-corrected chi connectivity index (χ0v) is 14.7. The number of aryl methyl sites for hydroxylation is 3. The van der Waals surface area contributed by atoms with Gasteiger partial charge in [-0.2, -0.15) is 0 Å². The van der Waals surface area contributed by atoms with Gasteiger partial charge in [0.25, 0.3) is 0 Å². The van der Waals surface area contributed by atoms with Gasteiger partial charge in [0.1, 0.15) is 5.82 Å². The number of benzene rings is 1. The van der Waals surface area contributed by atoms with Gasteiger partial charge in [0.15, 0.2) is 0 Å². The highest BCUT2D eigenvalue weighted by atomic mass is 15.2. The fraction of sp³-hybridized carbons (Fsp3) is 0.227. The van der Waals surface area contributed by atoms with Crippen molar-refractivity contribution in [3.8, 4) is 0 Å². The van der Waals surface area contributed by atoms with Crippen molar-refractivity contribution in [3.05, 3.63) is 82.6 Å². The smallest absolute Gasteiger partial charge is 0.137 e. The van der Waals surface area contributed by atoms with Crippen LogP contribution in [0.25, 0.3) is 10.9 Å². The summed E-state index contributed by atoms with van der Waals surface area (Å²) in [6.45, 7) is 8.77. The second kappa shape index (κ2) is 5.48.